The summed E-state index contributed by atoms with van der Waals surface area (Å²) in [6, 6.07) is 3.47. The van der Waals surface area contributed by atoms with Crippen LogP contribution in [0.3, 0.4) is 0 Å². The molecule has 0 aromatic carbocycles. The number of alkyl halides is 3. The van der Waals surface area contributed by atoms with Crippen LogP contribution in [0.25, 0.3) is 11.0 Å². The van der Waals surface area contributed by atoms with E-state index in [2.05, 4.69) is 20.3 Å². The van der Waals surface area contributed by atoms with Gasteiger partial charge in [0.25, 0.3) is 11.5 Å². The lowest BCUT2D eigenvalue weighted by molar-refractivity contribution is -0.141. The number of aryl methyl sites for hydroxylation is 1. The maximum Gasteiger partial charge on any atom is 0.433 e. The Morgan fingerprint density at radius 2 is 1.87 bits per heavy atom. The summed E-state index contributed by atoms with van der Waals surface area (Å²) < 4.78 is 49.3. The smallest absolute Gasteiger partial charge is 0.372 e. The number of hydrogen-bond donors (Lipinski definition) is 1. The van der Waals surface area contributed by atoms with Gasteiger partial charge in [0.1, 0.15) is 11.6 Å². The van der Waals surface area contributed by atoms with Crippen LogP contribution >= 0.6 is 0 Å². The standard InChI is InChI=1S/C27H31F3N6O3/c1-14-11-35(12-15(2)39-14)25(37)19-7-8-22(31-10-19)32-16(3)20-9-21-24(34-23(20)27(28,29)30)33-17(4)36(26(21)38)13-18-5-6-18/h7-10,14-16,18H,5-6,11-13H2,1-4H3,(H,31,32)/t14-,15+,16-/m0/s1. The van der Waals surface area contributed by atoms with E-state index in [1.54, 1.807) is 30.9 Å². The number of halogens is 3. The summed E-state index contributed by atoms with van der Waals surface area (Å²) in [4.78, 5) is 40.1. The van der Waals surface area contributed by atoms with Gasteiger partial charge in [-0.05, 0) is 64.7 Å². The van der Waals surface area contributed by atoms with Gasteiger partial charge in [0.15, 0.2) is 11.3 Å². The Bertz CT molecular complexity index is 1440. The van der Waals surface area contributed by atoms with Crippen LogP contribution < -0.4 is 10.9 Å². The zero-order valence-corrected chi connectivity index (χ0v) is 22.2. The van der Waals surface area contributed by atoms with Crippen molar-refractivity contribution in [2.45, 2.75) is 71.5 Å². The third-order valence-corrected chi connectivity index (χ3v) is 7.12. The number of morpholine rings is 1. The lowest BCUT2D eigenvalue weighted by Crippen LogP contribution is -2.48. The second-order valence-electron chi connectivity index (χ2n) is 10.6. The van der Waals surface area contributed by atoms with E-state index < -0.39 is 23.5 Å². The number of nitrogens with zero attached hydrogens (tertiary/aromatic N) is 5. The molecule has 9 nitrogen and oxygen atoms in total. The van der Waals surface area contributed by atoms with Gasteiger partial charge >= 0.3 is 6.18 Å². The molecule has 0 spiro atoms. The molecule has 3 aromatic rings. The maximum absolute atomic E-state index is 14.0. The Labute approximate surface area is 223 Å². The van der Waals surface area contributed by atoms with Crippen LogP contribution in [0.2, 0.25) is 0 Å². The third-order valence-electron chi connectivity index (χ3n) is 7.12. The highest BCUT2D eigenvalue weighted by Gasteiger charge is 2.38. The molecule has 4 heterocycles. The average Bonchev–Trinajstić information content (AvgIpc) is 3.69. The normalized spacial score (nSPS) is 20.7. The van der Waals surface area contributed by atoms with Crippen molar-refractivity contribution in [1.82, 2.24) is 24.4 Å². The fourth-order valence-electron chi connectivity index (χ4n) is 5.03. The zero-order valence-electron chi connectivity index (χ0n) is 22.2. The van der Waals surface area contributed by atoms with Gasteiger partial charge < -0.3 is 15.0 Å². The Hall–Kier alpha value is -3.54. The molecule has 0 unspecified atom stereocenters. The monoisotopic (exact) mass is 544 g/mol. The summed E-state index contributed by atoms with van der Waals surface area (Å²) in [5, 5.41) is 3.00. The first kappa shape index (κ1) is 27.0. The molecule has 3 atom stereocenters. The van der Waals surface area contributed by atoms with E-state index in [9.17, 15) is 22.8 Å². The molecule has 0 radical (unpaired) electrons. The molecular weight excluding hydrogens is 513 g/mol. The molecule has 1 amide bonds. The van der Waals surface area contributed by atoms with Crippen LogP contribution in [-0.2, 0) is 17.5 Å². The Morgan fingerprint density at radius 1 is 1.18 bits per heavy atom. The minimum Gasteiger partial charge on any atom is -0.372 e. The van der Waals surface area contributed by atoms with Crippen LogP contribution in [0.4, 0.5) is 19.0 Å². The minimum absolute atomic E-state index is 0.0424. The van der Waals surface area contributed by atoms with Crippen LogP contribution in [0.1, 0.15) is 67.1 Å². The van der Waals surface area contributed by atoms with Gasteiger partial charge in [0.05, 0.1) is 29.2 Å². The number of rotatable bonds is 6. The Balaban J connectivity index is 1.42. The number of fused-ring (bicyclic) bond motifs is 1. The van der Waals surface area contributed by atoms with Crippen molar-refractivity contribution in [2.24, 2.45) is 5.92 Å². The predicted octanol–water partition coefficient (Wildman–Crippen LogP) is 4.35. The molecule has 2 fully saturated rings. The quantitative estimate of drug-likeness (QED) is 0.492. The highest BCUT2D eigenvalue weighted by molar-refractivity contribution is 5.94. The summed E-state index contributed by atoms with van der Waals surface area (Å²) in [5.41, 5.74) is -1.54. The van der Waals surface area contributed by atoms with Crippen molar-refractivity contribution in [3.05, 3.63) is 57.4 Å². The van der Waals surface area contributed by atoms with Gasteiger partial charge in [0, 0.05) is 31.4 Å². The van der Waals surface area contributed by atoms with E-state index >= 15 is 0 Å². The van der Waals surface area contributed by atoms with E-state index in [1.807, 2.05) is 13.8 Å². The van der Waals surface area contributed by atoms with E-state index in [0.29, 0.717) is 36.9 Å². The number of pyridine rings is 2. The van der Waals surface area contributed by atoms with Crippen LogP contribution in [0, 0.1) is 12.8 Å². The summed E-state index contributed by atoms with van der Waals surface area (Å²) in [7, 11) is 0. The van der Waals surface area contributed by atoms with Crippen molar-refractivity contribution in [2.75, 3.05) is 18.4 Å². The first-order valence-corrected chi connectivity index (χ1v) is 13.1. The average molecular weight is 545 g/mol. The molecule has 208 valence electrons. The first-order chi connectivity index (χ1) is 18.4. The SMILES string of the molecule is Cc1nc2nc(C(F)(F)F)c([C@H](C)Nc3ccc(C(=O)N4C[C@@H](C)O[C@@H](C)C4)cn3)cc2c(=O)n1CC1CC1. The summed E-state index contributed by atoms with van der Waals surface area (Å²) in [6.45, 7) is 8.38. The van der Waals surface area contributed by atoms with E-state index in [0.717, 1.165) is 12.8 Å². The molecule has 3 aromatic heterocycles. The van der Waals surface area contributed by atoms with Crippen LogP contribution in [0.5, 0.6) is 0 Å². The molecule has 39 heavy (non-hydrogen) atoms. The highest BCUT2D eigenvalue weighted by Crippen LogP contribution is 2.36. The molecular formula is C27H31F3N6O3. The fourth-order valence-corrected chi connectivity index (χ4v) is 5.03. The number of amides is 1. The topological polar surface area (TPSA) is 102 Å². The molecule has 0 bridgehead atoms. The van der Waals surface area contributed by atoms with Crippen molar-refractivity contribution >= 4 is 22.8 Å². The van der Waals surface area contributed by atoms with Crippen LogP contribution in [-0.4, -0.2) is 55.6 Å². The number of carbonyl (C=O) groups is 1. The molecule has 2 aliphatic rings. The van der Waals surface area contributed by atoms with Crippen LogP contribution in [0.15, 0.2) is 29.2 Å². The molecule has 12 heteroatoms. The third kappa shape index (κ3) is 5.75. The molecule has 1 N–H and O–H groups in total. The lowest BCUT2D eigenvalue weighted by atomic mass is 10.0. The van der Waals surface area contributed by atoms with Gasteiger partial charge in [0.2, 0.25) is 0 Å². The van der Waals surface area contributed by atoms with Crippen molar-refractivity contribution < 1.29 is 22.7 Å². The lowest BCUT2D eigenvalue weighted by Gasteiger charge is -2.35. The second kappa shape index (κ2) is 10.2. The summed E-state index contributed by atoms with van der Waals surface area (Å²) >= 11 is 0. The molecule has 1 saturated heterocycles. The molecule has 1 aliphatic heterocycles. The van der Waals surface area contributed by atoms with Gasteiger partial charge in [-0.25, -0.2) is 15.0 Å². The van der Waals surface area contributed by atoms with E-state index in [-0.39, 0.29) is 40.5 Å². The Morgan fingerprint density at radius 3 is 2.46 bits per heavy atom. The molecule has 1 aliphatic carbocycles. The highest BCUT2D eigenvalue weighted by atomic mass is 19.4. The van der Waals surface area contributed by atoms with Crippen molar-refractivity contribution in [3.63, 3.8) is 0 Å². The fraction of sp³-hybridized carbons (Fsp3) is 0.519. The number of aromatic nitrogens is 4. The number of hydrogen-bond acceptors (Lipinski definition) is 7. The number of nitrogens with one attached hydrogen (secondary N) is 1. The number of anilines is 1. The minimum atomic E-state index is -4.76. The van der Waals surface area contributed by atoms with Gasteiger partial charge in [-0.3, -0.25) is 14.2 Å². The number of carbonyl (C=O) groups excluding carboxylic acids is 1. The van der Waals surface area contributed by atoms with E-state index in [4.69, 9.17) is 4.74 Å². The number of ether oxygens (including phenoxy) is 1. The predicted molar refractivity (Wildman–Crippen MR) is 138 cm³/mol. The zero-order chi connectivity index (χ0) is 28.1. The molecule has 1 saturated carbocycles. The maximum atomic E-state index is 14.0. The first-order valence-electron chi connectivity index (χ1n) is 13.1. The molecule has 5 rings (SSSR count). The van der Waals surface area contributed by atoms with Gasteiger partial charge in [-0.2, -0.15) is 13.2 Å². The summed E-state index contributed by atoms with van der Waals surface area (Å²) in [5.74, 6) is 0.828. The second-order valence-corrected chi connectivity index (χ2v) is 10.6. The summed E-state index contributed by atoms with van der Waals surface area (Å²) in [6.07, 6.45) is -1.49. The van der Waals surface area contributed by atoms with E-state index in [1.165, 1.54) is 16.8 Å². The van der Waals surface area contributed by atoms with Gasteiger partial charge in [-0.1, -0.05) is 0 Å². The van der Waals surface area contributed by atoms with Crippen molar-refractivity contribution in [1.29, 1.82) is 0 Å². The largest absolute Gasteiger partial charge is 0.433 e. The van der Waals surface area contributed by atoms with Gasteiger partial charge in [-0.15, -0.1) is 0 Å². The van der Waals surface area contributed by atoms with Crippen molar-refractivity contribution in [3.8, 4) is 0 Å². The Kier molecular flexibility index (Phi) is 7.08.